The first-order valence-corrected chi connectivity index (χ1v) is 7.32. The Morgan fingerprint density at radius 3 is 2.84 bits per heavy atom. The van der Waals surface area contributed by atoms with Gasteiger partial charge in [0.1, 0.15) is 5.82 Å². The fourth-order valence-electron chi connectivity index (χ4n) is 2.65. The summed E-state index contributed by atoms with van der Waals surface area (Å²) < 4.78 is 13.4. The SMILES string of the molecule is CC(NCC1CCCCC1O)c1ccc(Cl)c(F)c1. The van der Waals surface area contributed by atoms with Crippen molar-refractivity contribution >= 4 is 11.6 Å². The maximum absolute atomic E-state index is 13.4. The maximum atomic E-state index is 13.4. The smallest absolute Gasteiger partial charge is 0.142 e. The fraction of sp³-hybridized carbons (Fsp3) is 0.600. The summed E-state index contributed by atoms with van der Waals surface area (Å²) in [4.78, 5) is 0. The molecule has 4 heteroatoms. The van der Waals surface area contributed by atoms with Gasteiger partial charge in [0, 0.05) is 12.6 Å². The quantitative estimate of drug-likeness (QED) is 0.884. The Balaban J connectivity index is 1.89. The summed E-state index contributed by atoms with van der Waals surface area (Å²) in [6, 6.07) is 4.94. The molecule has 1 aliphatic carbocycles. The predicted octanol–water partition coefficient (Wildman–Crippen LogP) is 3.68. The summed E-state index contributed by atoms with van der Waals surface area (Å²) in [7, 11) is 0. The number of aliphatic hydroxyl groups excluding tert-OH is 1. The molecule has 0 aromatic heterocycles. The average Bonchev–Trinajstić information content (AvgIpc) is 2.40. The summed E-state index contributed by atoms with van der Waals surface area (Å²) in [6.45, 7) is 2.77. The number of benzene rings is 1. The van der Waals surface area contributed by atoms with Gasteiger partial charge in [0.2, 0.25) is 0 Å². The Hall–Kier alpha value is -0.640. The van der Waals surface area contributed by atoms with E-state index in [0.717, 1.165) is 31.4 Å². The standard InChI is InChI=1S/C15H21ClFNO/c1-10(11-6-7-13(16)14(17)8-11)18-9-12-4-2-3-5-15(12)19/h6-8,10,12,15,18-19H,2-5,9H2,1H3. The third-order valence-corrected chi connectivity index (χ3v) is 4.31. The molecule has 1 fully saturated rings. The number of hydrogen-bond donors (Lipinski definition) is 2. The molecule has 106 valence electrons. The summed E-state index contributed by atoms with van der Waals surface area (Å²) in [5, 5.41) is 13.4. The molecule has 1 aromatic carbocycles. The Morgan fingerprint density at radius 2 is 2.16 bits per heavy atom. The van der Waals surface area contributed by atoms with E-state index in [0.29, 0.717) is 5.92 Å². The molecular formula is C15H21ClFNO. The van der Waals surface area contributed by atoms with Crippen molar-refractivity contribution in [1.82, 2.24) is 5.32 Å². The topological polar surface area (TPSA) is 32.3 Å². The van der Waals surface area contributed by atoms with Gasteiger partial charge in [0.15, 0.2) is 0 Å². The van der Waals surface area contributed by atoms with Crippen LogP contribution < -0.4 is 5.32 Å². The van der Waals surface area contributed by atoms with Gasteiger partial charge in [-0.3, -0.25) is 0 Å². The van der Waals surface area contributed by atoms with Crippen molar-refractivity contribution in [2.45, 2.75) is 44.8 Å². The molecule has 2 nitrogen and oxygen atoms in total. The second-order valence-corrected chi connectivity index (χ2v) is 5.82. The van der Waals surface area contributed by atoms with Gasteiger partial charge in [0.25, 0.3) is 0 Å². The molecule has 0 saturated heterocycles. The first kappa shape index (κ1) is 14.8. The Labute approximate surface area is 119 Å². The van der Waals surface area contributed by atoms with Gasteiger partial charge in [-0.25, -0.2) is 4.39 Å². The van der Waals surface area contributed by atoms with Crippen molar-refractivity contribution in [3.05, 3.63) is 34.6 Å². The van der Waals surface area contributed by atoms with Crippen molar-refractivity contribution in [3.63, 3.8) is 0 Å². The summed E-state index contributed by atoms with van der Waals surface area (Å²) in [5.41, 5.74) is 0.882. The summed E-state index contributed by atoms with van der Waals surface area (Å²) in [5.74, 6) is -0.0705. The third-order valence-electron chi connectivity index (χ3n) is 4.00. The van der Waals surface area contributed by atoms with Crippen LogP contribution in [0.3, 0.4) is 0 Å². The van der Waals surface area contributed by atoms with Crippen LogP contribution in [0.25, 0.3) is 0 Å². The highest BCUT2D eigenvalue weighted by Crippen LogP contribution is 2.25. The van der Waals surface area contributed by atoms with E-state index in [2.05, 4.69) is 5.32 Å². The molecule has 1 aromatic rings. The molecule has 3 atom stereocenters. The lowest BCUT2D eigenvalue weighted by Gasteiger charge is -2.29. The second-order valence-electron chi connectivity index (χ2n) is 5.42. The predicted molar refractivity (Wildman–Crippen MR) is 75.8 cm³/mol. The zero-order valence-electron chi connectivity index (χ0n) is 11.2. The van der Waals surface area contributed by atoms with Crippen LogP contribution in [0.15, 0.2) is 18.2 Å². The van der Waals surface area contributed by atoms with E-state index in [1.807, 2.05) is 13.0 Å². The highest BCUT2D eigenvalue weighted by molar-refractivity contribution is 6.30. The average molecular weight is 286 g/mol. The van der Waals surface area contributed by atoms with E-state index in [1.165, 1.54) is 12.5 Å². The highest BCUT2D eigenvalue weighted by atomic mass is 35.5. The largest absolute Gasteiger partial charge is 0.393 e. The number of nitrogens with one attached hydrogen (secondary N) is 1. The van der Waals surface area contributed by atoms with Crippen LogP contribution in [0.1, 0.15) is 44.2 Å². The molecule has 1 aliphatic rings. The van der Waals surface area contributed by atoms with Crippen LogP contribution in [-0.4, -0.2) is 17.8 Å². The van der Waals surface area contributed by atoms with Crippen LogP contribution in [0.5, 0.6) is 0 Å². The Morgan fingerprint density at radius 1 is 1.42 bits per heavy atom. The lowest BCUT2D eigenvalue weighted by molar-refractivity contribution is 0.0684. The molecule has 0 bridgehead atoms. The van der Waals surface area contributed by atoms with E-state index in [1.54, 1.807) is 6.07 Å². The Bertz CT molecular complexity index is 427. The first-order valence-electron chi connectivity index (χ1n) is 6.94. The van der Waals surface area contributed by atoms with Gasteiger partial charge >= 0.3 is 0 Å². The van der Waals surface area contributed by atoms with E-state index in [4.69, 9.17) is 11.6 Å². The molecule has 3 unspecified atom stereocenters. The lowest BCUT2D eigenvalue weighted by Crippen LogP contribution is -2.34. The van der Waals surface area contributed by atoms with E-state index < -0.39 is 0 Å². The van der Waals surface area contributed by atoms with Gasteiger partial charge in [0.05, 0.1) is 11.1 Å². The van der Waals surface area contributed by atoms with E-state index in [-0.39, 0.29) is 23.0 Å². The minimum Gasteiger partial charge on any atom is -0.393 e. The van der Waals surface area contributed by atoms with Crippen molar-refractivity contribution in [3.8, 4) is 0 Å². The highest BCUT2D eigenvalue weighted by Gasteiger charge is 2.23. The van der Waals surface area contributed by atoms with Crippen LogP contribution in [0.4, 0.5) is 4.39 Å². The monoisotopic (exact) mass is 285 g/mol. The molecular weight excluding hydrogens is 265 g/mol. The molecule has 1 saturated carbocycles. The minimum atomic E-state index is -0.384. The number of halogens is 2. The maximum Gasteiger partial charge on any atom is 0.142 e. The molecule has 0 amide bonds. The normalized spacial score (nSPS) is 25.3. The van der Waals surface area contributed by atoms with Gasteiger partial charge in [-0.05, 0) is 43.4 Å². The molecule has 19 heavy (non-hydrogen) atoms. The van der Waals surface area contributed by atoms with Gasteiger partial charge in [-0.15, -0.1) is 0 Å². The van der Waals surface area contributed by atoms with Crippen LogP contribution in [0, 0.1) is 11.7 Å². The van der Waals surface area contributed by atoms with Crippen LogP contribution in [0.2, 0.25) is 5.02 Å². The summed E-state index contributed by atoms with van der Waals surface area (Å²) in [6.07, 6.45) is 4.07. The minimum absolute atomic E-state index is 0.0564. The molecule has 0 aliphatic heterocycles. The third kappa shape index (κ3) is 3.91. The number of hydrogen-bond acceptors (Lipinski definition) is 2. The molecule has 0 heterocycles. The van der Waals surface area contributed by atoms with E-state index >= 15 is 0 Å². The zero-order chi connectivity index (χ0) is 13.8. The fourth-order valence-corrected chi connectivity index (χ4v) is 2.77. The van der Waals surface area contributed by atoms with Crippen molar-refractivity contribution < 1.29 is 9.50 Å². The zero-order valence-corrected chi connectivity index (χ0v) is 12.0. The lowest BCUT2D eigenvalue weighted by atomic mass is 9.86. The molecule has 2 rings (SSSR count). The van der Waals surface area contributed by atoms with Crippen molar-refractivity contribution in [1.29, 1.82) is 0 Å². The molecule has 0 spiro atoms. The van der Waals surface area contributed by atoms with Crippen LogP contribution >= 0.6 is 11.6 Å². The van der Waals surface area contributed by atoms with Crippen molar-refractivity contribution in [2.75, 3.05) is 6.54 Å². The van der Waals surface area contributed by atoms with Gasteiger partial charge < -0.3 is 10.4 Å². The number of aliphatic hydroxyl groups is 1. The first-order chi connectivity index (χ1) is 9.08. The Kier molecular flexibility index (Phi) is 5.20. The van der Waals surface area contributed by atoms with E-state index in [9.17, 15) is 9.50 Å². The molecule has 2 N–H and O–H groups in total. The van der Waals surface area contributed by atoms with Gasteiger partial charge in [-0.2, -0.15) is 0 Å². The summed E-state index contributed by atoms with van der Waals surface area (Å²) >= 11 is 5.67. The number of rotatable bonds is 4. The van der Waals surface area contributed by atoms with Gasteiger partial charge in [-0.1, -0.05) is 30.5 Å². The molecule has 0 radical (unpaired) electrons. The van der Waals surface area contributed by atoms with Crippen LogP contribution in [-0.2, 0) is 0 Å². The van der Waals surface area contributed by atoms with Crippen molar-refractivity contribution in [2.24, 2.45) is 5.92 Å². The second kappa shape index (κ2) is 6.69.